The van der Waals surface area contributed by atoms with Gasteiger partial charge in [0.1, 0.15) is 28.7 Å². The van der Waals surface area contributed by atoms with E-state index in [1.54, 1.807) is 0 Å². The molecule has 2 aliphatic carbocycles. The topological polar surface area (TPSA) is 94.0 Å². The van der Waals surface area contributed by atoms with Crippen LogP contribution in [0.25, 0.3) is 32.8 Å². The van der Waals surface area contributed by atoms with Crippen LogP contribution in [-0.4, -0.2) is 82.6 Å². The molecule has 5 unspecified atom stereocenters. The summed E-state index contributed by atoms with van der Waals surface area (Å²) >= 11 is 0. The van der Waals surface area contributed by atoms with Crippen LogP contribution in [0.2, 0.25) is 0 Å². The summed E-state index contributed by atoms with van der Waals surface area (Å²) in [6.45, 7) is 4.35. The third-order valence-electron chi connectivity index (χ3n) is 11.7. The third-order valence-corrected chi connectivity index (χ3v) is 11.7. The molecule has 3 N–H and O–H groups in total. The maximum Gasteiger partial charge on any atom is 0.319 e. The van der Waals surface area contributed by atoms with Gasteiger partial charge in [-0.15, -0.1) is 6.42 Å². The number of fused-ring (bicyclic) bond motifs is 5. The van der Waals surface area contributed by atoms with E-state index in [0.717, 1.165) is 58.2 Å². The number of phenols is 1. The summed E-state index contributed by atoms with van der Waals surface area (Å²) in [5.74, 6) is 0.784. The number of nitrogens with zero attached hydrogens (tertiary/aromatic N) is 4. The molecule has 0 amide bonds. The molecule has 11 heteroatoms. The molecule has 2 saturated carbocycles. The largest absolute Gasteiger partial charge is 0.508 e. The molecule has 254 valence electrons. The summed E-state index contributed by atoms with van der Waals surface area (Å²) < 4.78 is 54.4. The van der Waals surface area contributed by atoms with Gasteiger partial charge in [-0.05, 0) is 74.1 Å². The molecule has 49 heavy (non-hydrogen) atoms. The van der Waals surface area contributed by atoms with Gasteiger partial charge in [0.05, 0.1) is 23.8 Å². The Hall–Kier alpha value is -4.11. The number of aliphatic hydroxyl groups is 1. The molecular formula is C38H38F3N5O3. The fraction of sp³-hybridized carbons (Fsp3) is 0.474. The molecule has 3 aromatic carbocycles. The Labute approximate surface area is 282 Å². The number of aromatic hydroxyl groups is 1. The summed E-state index contributed by atoms with van der Waals surface area (Å²) in [5.41, 5.74) is -0.880. The van der Waals surface area contributed by atoms with Crippen molar-refractivity contribution in [2.75, 3.05) is 44.2 Å². The van der Waals surface area contributed by atoms with Crippen LogP contribution in [0.15, 0.2) is 30.3 Å². The monoisotopic (exact) mass is 669 g/mol. The first kappa shape index (κ1) is 30.9. The second kappa shape index (κ2) is 11.5. The number of halogens is 3. The smallest absolute Gasteiger partial charge is 0.319 e. The van der Waals surface area contributed by atoms with Gasteiger partial charge >= 0.3 is 6.01 Å². The Bertz CT molecular complexity index is 2040. The summed E-state index contributed by atoms with van der Waals surface area (Å²) in [4.78, 5) is 13.9. The fourth-order valence-corrected chi connectivity index (χ4v) is 9.12. The first-order valence-corrected chi connectivity index (χ1v) is 17.3. The Kier molecular flexibility index (Phi) is 7.24. The maximum absolute atomic E-state index is 16.9. The first-order chi connectivity index (χ1) is 23.7. The molecule has 9 rings (SSSR count). The zero-order valence-corrected chi connectivity index (χ0v) is 27.1. The van der Waals surface area contributed by atoms with Crippen molar-refractivity contribution in [2.24, 2.45) is 17.3 Å². The lowest BCUT2D eigenvalue weighted by molar-refractivity contribution is 0.116. The molecule has 0 spiro atoms. The van der Waals surface area contributed by atoms with E-state index in [4.69, 9.17) is 16.1 Å². The predicted octanol–water partition coefficient (Wildman–Crippen LogP) is 5.36. The number of hydrogen-bond donors (Lipinski definition) is 3. The van der Waals surface area contributed by atoms with Gasteiger partial charge in [-0.2, -0.15) is 9.97 Å². The quantitative estimate of drug-likeness (QED) is 0.227. The van der Waals surface area contributed by atoms with Crippen LogP contribution in [0.1, 0.15) is 44.1 Å². The average Bonchev–Trinajstić information content (AvgIpc) is 3.40. The van der Waals surface area contributed by atoms with Gasteiger partial charge in [-0.3, -0.25) is 0 Å². The number of piperazine rings is 1. The molecule has 4 heterocycles. The minimum Gasteiger partial charge on any atom is -0.508 e. The number of ether oxygens (including phenoxy) is 1. The second-order valence-electron chi connectivity index (χ2n) is 15.0. The Morgan fingerprint density at radius 1 is 0.980 bits per heavy atom. The third kappa shape index (κ3) is 5.27. The highest BCUT2D eigenvalue weighted by Gasteiger charge is 2.49. The number of hydrogen-bond acceptors (Lipinski definition) is 8. The van der Waals surface area contributed by atoms with Gasteiger partial charge in [0, 0.05) is 72.5 Å². The standard InChI is InChI=1S/C38H38F3N5O3/c1-2-25-29(39)7-3-20-11-24(47)12-26(32(20)25)33-30(40)13-27-35(34(33)41)43-37(44-36(27)46-15-22-5-6-23(16-46)42-22)49-19-38(9-10-38)18-45-14-21-4-8-31(48)28(21)17-45/h1,3,7,11-13,21-23,28,31,42,47-48H,4-6,8-10,14-19H2. The minimum atomic E-state index is -0.968. The average molecular weight is 670 g/mol. The number of anilines is 1. The van der Waals surface area contributed by atoms with E-state index in [-0.39, 0.29) is 62.8 Å². The molecule has 4 aromatic rings. The Morgan fingerprint density at radius 3 is 2.51 bits per heavy atom. The van der Waals surface area contributed by atoms with Crippen LogP contribution in [0.3, 0.4) is 0 Å². The van der Waals surface area contributed by atoms with Gasteiger partial charge in [0.2, 0.25) is 0 Å². The molecule has 8 nitrogen and oxygen atoms in total. The summed E-state index contributed by atoms with van der Waals surface area (Å²) in [6.07, 6.45) is 11.4. The van der Waals surface area contributed by atoms with Gasteiger partial charge in [-0.25, -0.2) is 13.2 Å². The highest BCUT2D eigenvalue weighted by atomic mass is 19.1. The molecule has 3 aliphatic heterocycles. The van der Waals surface area contributed by atoms with Crippen molar-refractivity contribution in [2.45, 2.75) is 56.7 Å². The minimum absolute atomic E-state index is 0.0148. The Balaban J connectivity index is 1.12. The van der Waals surface area contributed by atoms with E-state index in [0.29, 0.717) is 42.7 Å². The van der Waals surface area contributed by atoms with Crippen LogP contribution in [0, 0.1) is 47.0 Å². The first-order valence-electron chi connectivity index (χ1n) is 17.3. The zero-order valence-electron chi connectivity index (χ0n) is 27.1. The molecule has 5 fully saturated rings. The predicted molar refractivity (Wildman–Crippen MR) is 180 cm³/mol. The van der Waals surface area contributed by atoms with Gasteiger partial charge in [0.25, 0.3) is 0 Å². The Morgan fingerprint density at radius 2 is 1.78 bits per heavy atom. The number of rotatable bonds is 7. The van der Waals surface area contributed by atoms with Crippen molar-refractivity contribution < 1.29 is 28.1 Å². The highest BCUT2D eigenvalue weighted by Crippen LogP contribution is 2.49. The van der Waals surface area contributed by atoms with Gasteiger partial charge in [-0.1, -0.05) is 12.0 Å². The lowest BCUT2D eigenvalue weighted by atomic mass is 9.92. The summed E-state index contributed by atoms with van der Waals surface area (Å²) in [5, 5.41) is 25.2. The van der Waals surface area contributed by atoms with E-state index in [9.17, 15) is 14.6 Å². The number of terminal acetylenes is 1. The van der Waals surface area contributed by atoms with Crippen LogP contribution >= 0.6 is 0 Å². The number of benzene rings is 3. The second-order valence-corrected chi connectivity index (χ2v) is 15.0. The molecule has 3 saturated heterocycles. The lowest BCUT2D eigenvalue weighted by Crippen LogP contribution is -2.51. The molecule has 0 radical (unpaired) electrons. The number of likely N-dealkylation sites (tertiary alicyclic amines) is 1. The lowest BCUT2D eigenvalue weighted by Gasteiger charge is -2.34. The van der Waals surface area contributed by atoms with Gasteiger partial charge < -0.3 is 30.1 Å². The van der Waals surface area contributed by atoms with Crippen molar-refractivity contribution in [3.63, 3.8) is 0 Å². The van der Waals surface area contributed by atoms with Crippen molar-refractivity contribution in [3.8, 4) is 35.2 Å². The number of nitrogens with one attached hydrogen (secondary N) is 1. The summed E-state index contributed by atoms with van der Waals surface area (Å²) in [6, 6.07) is 6.89. The number of phenolic OH excluding ortho intramolecular Hbond substituents is 1. The zero-order chi connectivity index (χ0) is 33.6. The number of aromatic nitrogens is 2. The van der Waals surface area contributed by atoms with Crippen LogP contribution in [-0.2, 0) is 0 Å². The van der Waals surface area contributed by atoms with Gasteiger partial charge in [0.15, 0.2) is 5.82 Å². The SMILES string of the molecule is C#Cc1c(F)ccc2cc(O)cc(-c3c(F)cc4c(N5CC6CCC(C5)N6)nc(OCC5(CN6CC7CCC(O)C7C6)CC5)nc4c3F)c12. The van der Waals surface area contributed by atoms with E-state index in [1.165, 1.54) is 30.3 Å². The van der Waals surface area contributed by atoms with E-state index in [1.807, 2.05) is 0 Å². The molecule has 1 aromatic heterocycles. The highest BCUT2D eigenvalue weighted by molar-refractivity contribution is 6.04. The van der Waals surface area contributed by atoms with Crippen LogP contribution in [0.5, 0.6) is 11.8 Å². The van der Waals surface area contributed by atoms with Crippen molar-refractivity contribution in [1.82, 2.24) is 20.2 Å². The van der Waals surface area contributed by atoms with Crippen molar-refractivity contribution in [3.05, 3.63) is 53.3 Å². The van der Waals surface area contributed by atoms with Crippen LogP contribution in [0.4, 0.5) is 19.0 Å². The molecule has 5 aliphatic rings. The summed E-state index contributed by atoms with van der Waals surface area (Å²) in [7, 11) is 0. The van der Waals surface area contributed by atoms with Crippen LogP contribution < -0.4 is 15.0 Å². The normalized spacial score (nSPS) is 27.2. The van der Waals surface area contributed by atoms with E-state index < -0.39 is 23.0 Å². The van der Waals surface area contributed by atoms with Crippen molar-refractivity contribution in [1.29, 1.82) is 0 Å². The molecule has 5 atom stereocenters. The fourth-order valence-electron chi connectivity index (χ4n) is 9.12. The van der Waals surface area contributed by atoms with E-state index in [2.05, 4.69) is 26.0 Å². The van der Waals surface area contributed by atoms with Crippen molar-refractivity contribution >= 4 is 27.5 Å². The maximum atomic E-state index is 16.9. The van der Waals surface area contributed by atoms with E-state index >= 15 is 8.78 Å². The molecule has 2 bridgehead atoms. The molecular weight excluding hydrogens is 631 g/mol. The number of aliphatic hydroxyl groups excluding tert-OH is 1.